The minimum Gasteiger partial charge on any atom is -0.478 e. The maximum Gasteiger partial charge on any atom is 0.328 e. The number of benzene rings is 2. The van der Waals surface area contributed by atoms with Gasteiger partial charge in [0.2, 0.25) is 0 Å². The molecule has 0 radical (unpaired) electrons. The van der Waals surface area contributed by atoms with Crippen molar-refractivity contribution < 1.29 is 24.9 Å². The molecule has 8 heteroatoms. The minimum atomic E-state index is -1.26. The number of piperazine rings is 1. The van der Waals surface area contributed by atoms with Crippen molar-refractivity contribution in [2.24, 2.45) is 0 Å². The molecule has 186 valence electrons. The van der Waals surface area contributed by atoms with Gasteiger partial charge in [-0.05, 0) is 36.2 Å². The summed E-state index contributed by atoms with van der Waals surface area (Å²) in [5, 5.41) is 24.7. The second-order valence-electron chi connectivity index (χ2n) is 8.37. The third-order valence-corrected chi connectivity index (χ3v) is 6.00. The van der Waals surface area contributed by atoms with Gasteiger partial charge < -0.3 is 25.1 Å². The SMILES string of the molecule is O=C(O)C=CC(=O)O.OCCN1CCN(CCCN2c3ccccc3C=Cc3ccccc32)CC1. The van der Waals surface area contributed by atoms with Crippen LogP contribution in [-0.2, 0) is 9.59 Å². The summed E-state index contributed by atoms with van der Waals surface area (Å²) in [5.41, 5.74) is 5.16. The van der Waals surface area contributed by atoms with Crippen LogP contribution < -0.4 is 4.90 Å². The lowest BCUT2D eigenvalue weighted by molar-refractivity contribution is -0.134. The first-order valence-electron chi connectivity index (χ1n) is 11.8. The second kappa shape index (κ2) is 13.4. The number of carboxylic acid groups (broad SMARTS) is 2. The molecule has 0 bridgehead atoms. The number of para-hydroxylation sites is 2. The molecule has 1 fully saturated rings. The molecule has 0 unspecified atom stereocenters. The maximum atomic E-state index is 9.55. The summed E-state index contributed by atoms with van der Waals surface area (Å²) in [6, 6.07) is 17.4. The van der Waals surface area contributed by atoms with Gasteiger partial charge in [-0.25, -0.2) is 9.59 Å². The summed E-state index contributed by atoms with van der Waals surface area (Å²) < 4.78 is 0. The predicted octanol–water partition coefficient (Wildman–Crippen LogP) is 3.02. The molecule has 2 aliphatic rings. The van der Waals surface area contributed by atoms with Crippen LogP contribution in [0.4, 0.5) is 11.4 Å². The molecule has 2 aromatic rings. The molecular formula is C27H33N3O5. The van der Waals surface area contributed by atoms with Gasteiger partial charge in [0, 0.05) is 62.8 Å². The van der Waals surface area contributed by atoms with Crippen molar-refractivity contribution in [1.29, 1.82) is 0 Å². The average Bonchev–Trinajstić information content (AvgIpc) is 3.02. The Morgan fingerprint density at radius 1 is 0.714 bits per heavy atom. The molecule has 0 aromatic heterocycles. The zero-order valence-corrected chi connectivity index (χ0v) is 19.8. The van der Waals surface area contributed by atoms with Crippen LogP contribution in [0.2, 0.25) is 0 Å². The number of aliphatic carboxylic acids is 2. The largest absolute Gasteiger partial charge is 0.478 e. The number of hydrogen-bond donors (Lipinski definition) is 3. The Hall–Kier alpha value is -3.46. The number of fused-ring (bicyclic) bond motifs is 2. The van der Waals surface area contributed by atoms with Gasteiger partial charge >= 0.3 is 11.9 Å². The standard InChI is InChI=1S/C23H29N3O.C4H4O4/c27-19-18-25-16-14-24(15-17-25)12-5-13-26-22-8-3-1-6-20(22)10-11-21-7-2-4-9-23(21)26;5-3(6)1-2-4(7)8/h1-4,6-11,27H,5,12-19H2;1-2H,(H,5,6)(H,7,8). The quantitative estimate of drug-likeness (QED) is 0.497. The number of aliphatic hydroxyl groups excluding tert-OH is 1. The van der Waals surface area contributed by atoms with Gasteiger partial charge in [-0.3, -0.25) is 4.90 Å². The van der Waals surface area contributed by atoms with E-state index in [0.717, 1.165) is 52.2 Å². The number of carboxylic acids is 2. The molecule has 4 rings (SSSR count). The minimum absolute atomic E-state index is 0.266. The lowest BCUT2D eigenvalue weighted by Crippen LogP contribution is -2.47. The van der Waals surface area contributed by atoms with Crippen LogP contribution in [0.25, 0.3) is 12.2 Å². The molecular weight excluding hydrogens is 446 g/mol. The monoisotopic (exact) mass is 479 g/mol. The van der Waals surface area contributed by atoms with Crippen molar-refractivity contribution in [3.05, 3.63) is 71.8 Å². The fourth-order valence-corrected chi connectivity index (χ4v) is 4.27. The van der Waals surface area contributed by atoms with E-state index in [1.807, 2.05) is 0 Å². The zero-order chi connectivity index (χ0) is 25.0. The Labute approximate surface area is 206 Å². The number of rotatable bonds is 8. The maximum absolute atomic E-state index is 9.55. The Bertz CT molecular complexity index is 979. The van der Waals surface area contributed by atoms with Crippen molar-refractivity contribution >= 4 is 35.5 Å². The molecule has 0 aliphatic carbocycles. The average molecular weight is 480 g/mol. The zero-order valence-electron chi connectivity index (χ0n) is 19.8. The molecule has 0 atom stereocenters. The van der Waals surface area contributed by atoms with E-state index in [1.54, 1.807) is 0 Å². The van der Waals surface area contributed by atoms with Crippen molar-refractivity contribution in [3.8, 4) is 0 Å². The Morgan fingerprint density at radius 3 is 1.63 bits per heavy atom. The summed E-state index contributed by atoms with van der Waals surface area (Å²) in [6.45, 7) is 7.57. The van der Waals surface area contributed by atoms with E-state index >= 15 is 0 Å². The van der Waals surface area contributed by atoms with E-state index < -0.39 is 11.9 Å². The van der Waals surface area contributed by atoms with Gasteiger partial charge in [0.05, 0.1) is 6.61 Å². The molecule has 8 nitrogen and oxygen atoms in total. The van der Waals surface area contributed by atoms with Gasteiger partial charge in [-0.2, -0.15) is 0 Å². The number of β-amino-alcohol motifs (C(OH)–C–C–N with tert-alkyl or cyclic N) is 1. The van der Waals surface area contributed by atoms with Gasteiger partial charge in [0.1, 0.15) is 0 Å². The number of anilines is 2. The fourth-order valence-electron chi connectivity index (χ4n) is 4.27. The summed E-state index contributed by atoms with van der Waals surface area (Å²) >= 11 is 0. The smallest absolute Gasteiger partial charge is 0.328 e. The number of aliphatic hydroxyl groups is 1. The highest BCUT2D eigenvalue weighted by atomic mass is 16.4. The van der Waals surface area contributed by atoms with Gasteiger partial charge in [0.25, 0.3) is 0 Å². The van der Waals surface area contributed by atoms with Crippen LogP contribution in [-0.4, -0.2) is 89.5 Å². The van der Waals surface area contributed by atoms with Crippen LogP contribution in [0.5, 0.6) is 0 Å². The number of hydrogen-bond acceptors (Lipinski definition) is 6. The van der Waals surface area contributed by atoms with Gasteiger partial charge in [-0.1, -0.05) is 48.6 Å². The van der Waals surface area contributed by atoms with E-state index in [-0.39, 0.29) is 6.61 Å². The lowest BCUT2D eigenvalue weighted by atomic mass is 10.1. The first-order chi connectivity index (χ1) is 17.0. The Kier molecular flexibility index (Phi) is 10.0. The molecule has 2 aliphatic heterocycles. The van der Waals surface area contributed by atoms with Crippen LogP contribution >= 0.6 is 0 Å². The highest BCUT2D eigenvalue weighted by Crippen LogP contribution is 2.36. The molecule has 0 amide bonds. The normalized spacial score (nSPS) is 15.6. The lowest BCUT2D eigenvalue weighted by Gasteiger charge is -2.35. The fraction of sp³-hybridized carbons (Fsp3) is 0.333. The first kappa shape index (κ1) is 26.2. The van der Waals surface area contributed by atoms with E-state index in [0.29, 0.717) is 12.2 Å². The molecule has 35 heavy (non-hydrogen) atoms. The molecule has 2 heterocycles. The second-order valence-corrected chi connectivity index (χ2v) is 8.37. The highest BCUT2D eigenvalue weighted by molar-refractivity contribution is 5.90. The van der Waals surface area contributed by atoms with Crippen LogP contribution in [0.15, 0.2) is 60.7 Å². The highest BCUT2D eigenvalue weighted by Gasteiger charge is 2.19. The van der Waals surface area contributed by atoms with Crippen LogP contribution in [0, 0.1) is 0 Å². The van der Waals surface area contributed by atoms with E-state index in [2.05, 4.69) is 75.4 Å². The van der Waals surface area contributed by atoms with Gasteiger partial charge in [0.15, 0.2) is 0 Å². The predicted molar refractivity (Wildman–Crippen MR) is 138 cm³/mol. The van der Waals surface area contributed by atoms with E-state index in [9.17, 15) is 9.59 Å². The summed E-state index contributed by atoms with van der Waals surface area (Å²) in [6.07, 6.45) is 6.72. The first-order valence-corrected chi connectivity index (χ1v) is 11.8. The Morgan fingerprint density at radius 2 is 1.17 bits per heavy atom. The van der Waals surface area contributed by atoms with E-state index in [4.69, 9.17) is 15.3 Å². The molecule has 2 aromatic carbocycles. The summed E-state index contributed by atoms with van der Waals surface area (Å²) in [7, 11) is 0. The summed E-state index contributed by atoms with van der Waals surface area (Å²) in [5.74, 6) is -2.51. The van der Waals surface area contributed by atoms with Gasteiger partial charge in [-0.15, -0.1) is 0 Å². The summed E-state index contributed by atoms with van der Waals surface area (Å²) in [4.78, 5) is 26.5. The third-order valence-electron chi connectivity index (χ3n) is 6.00. The molecule has 1 saturated heterocycles. The van der Waals surface area contributed by atoms with Crippen molar-refractivity contribution in [3.63, 3.8) is 0 Å². The van der Waals surface area contributed by atoms with Crippen LogP contribution in [0.3, 0.4) is 0 Å². The Balaban J connectivity index is 0.000000371. The number of carbonyl (C=O) groups is 2. The molecule has 0 saturated carbocycles. The number of nitrogens with zero attached hydrogens (tertiary/aromatic N) is 3. The van der Waals surface area contributed by atoms with Crippen molar-refractivity contribution in [2.75, 3.05) is 57.3 Å². The van der Waals surface area contributed by atoms with Crippen molar-refractivity contribution in [1.82, 2.24) is 9.80 Å². The molecule has 0 spiro atoms. The van der Waals surface area contributed by atoms with Crippen LogP contribution in [0.1, 0.15) is 17.5 Å². The molecule has 3 N–H and O–H groups in total. The van der Waals surface area contributed by atoms with E-state index in [1.165, 1.54) is 22.5 Å². The van der Waals surface area contributed by atoms with Crippen molar-refractivity contribution in [2.45, 2.75) is 6.42 Å². The topological polar surface area (TPSA) is 105 Å². The third kappa shape index (κ3) is 8.06.